The van der Waals surface area contributed by atoms with Crippen molar-refractivity contribution >= 4 is 21.6 Å². The average Bonchev–Trinajstić information content (AvgIpc) is 2.37. The van der Waals surface area contributed by atoms with Crippen LogP contribution >= 0.6 is 11.6 Å². The van der Waals surface area contributed by atoms with Crippen LogP contribution in [0.2, 0.25) is 0 Å². The normalized spacial score (nSPS) is 24.3. The van der Waals surface area contributed by atoms with Crippen molar-refractivity contribution in [2.75, 3.05) is 6.54 Å². The molecule has 3 nitrogen and oxygen atoms in total. The zero-order valence-electron chi connectivity index (χ0n) is 10.9. The van der Waals surface area contributed by atoms with Gasteiger partial charge in [-0.15, -0.1) is 11.6 Å². The topological polar surface area (TPSA) is 46.2 Å². The Bertz CT molecular complexity index is 489. The van der Waals surface area contributed by atoms with E-state index in [0.29, 0.717) is 12.5 Å². The highest BCUT2D eigenvalue weighted by Crippen LogP contribution is 2.27. The van der Waals surface area contributed by atoms with Gasteiger partial charge in [-0.3, -0.25) is 0 Å². The first kappa shape index (κ1) is 14.8. The maximum absolute atomic E-state index is 12.0. The third kappa shape index (κ3) is 5.13. The van der Waals surface area contributed by atoms with Gasteiger partial charge < -0.3 is 0 Å². The molecule has 106 valence electrons. The zero-order chi connectivity index (χ0) is 13.7. The van der Waals surface area contributed by atoms with E-state index in [1.165, 1.54) is 0 Å². The van der Waals surface area contributed by atoms with Crippen LogP contribution in [0.1, 0.15) is 31.2 Å². The molecule has 0 bridgehead atoms. The fourth-order valence-corrected chi connectivity index (χ4v) is 4.13. The van der Waals surface area contributed by atoms with E-state index in [9.17, 15) is 8.42 Å². The highest BCUT2D eigenvalue weighted by Gasteiger charge is 2.22. The van der Waals surface area contributed by atoms with Crippen LogP contribution in [0.25, 0.3) is 0 Å². The molecule has 1 saturated carbocycles. The summed E-state index contributed by atoms with van der Waals surface area (Å²) in [4.78, 5) is 0. The maximum atomic E-state index is 12.0. The van der Waals surface area contributed by atoms with Crippen LogP contribution in [0.4, 0.5) is 0 Å². The van der Waals surface area contributed by atoms with Gasteiger partial charge in [0.1, 0.15) is 0 Å². The third-order valence-electron chi connectivity index (χ3n) is 3.51. The number of hydrogen-bond acceptors (Lipinski definition) is 2. The van der Waals surface area contributed by atoms with Crippen molar-refractivity contribution in [1.29, 1.82) is 0 Å². The van der Waals surface area contributed by atoms with Crippen LogP contribution in [-0.2, 0) is 15.8 Å². The molecular formula is C14H20ClNO2S. The molecule has 0 spiro atoms. The largest absolute Gasteiger partial charge is 0.215 e. The van der Waals surface area contributed by atoms with E-state index < -0.39 is 10.0 Å². The van der Waals surface area contributed by atoms with Crippen LogP contribution in [0, 0.1) is 5.92 Å². The van der Waals surface area contributed by atoms with Gasteiger partial charge in [0.05, 0.1) is 5.75 Å². The van der Waals surface area contributed by atoms with Gasteiger partial charge in [-0.1, -0.05) is 36.8 Å². The first-order valence-electron chi connectivity index (χ1n) is 6.70. The number of alkyl halides is 1. The second kappa shape index (κ2) is 6.73. The smallest absolute Gasteiger partial charge is 0.215 e. The maximum Gasteiger partial charge on any atom is 0.215 e. The summed E-state index contributed by atoms with van der Waals surface area (Å²) in [6, 6.07) is 9.24. The van der Waals surface area contributed by atoms with Crippen molar-refractivity contribution in [3.8, 4) is 0 Å². The summed E-state index contributed by atoms with van der Waals surface area (Å²) < 4.78 is 26.7. The fraction of sp³-hybridized carbons (Fsp3) is 0.571. The number of hydrogen-bond donors (Lipinski definition) is 1. The average molecular weight is 302 g/mol. The van der Waals surface area contributed by atoms with Gasteiger partial charge in [0.25, 0.3) is 0 Å². The molecule has 0 radical (unpaired) electrons. The summed E-state index contributed by atoms with van der Waals surface area (Å²) in [6.07, 6.45) is 4.13. The predicted octanol–water partition coefficient (Wildman–Crippen LogP) is 2.90. The Morgan fingerprint density at radius 2 is 1.95 bits per heavy atom. The quantitative estimate of drug-likeness (QED) is 0.850. The lowest BCUT2D eigenvalue weighted by atomic mass is 9.89. The first-order valence-corrected chi connectivity index (χ1v) is 8.79. The van der Waals surface area contributed by atoms with Gasteiger partial charge in [0.15, 0.2) is 0 Å². The Labute approximate surface area is 120 Å². The number of rotatable bonds is 5. The highest BCUT2D eigenvalue weighted by atomic mass is 35.5. The molecular weight excluding hydrogens is 282 g/mol. The summed E-state index contributed by atoms with van der Waals surface area (Å²) in [5, 5.41) is 0.206. The van der Waals surface area contributed by atoms with Crippen LogP contribution in [0.3, 0.4) is 0 Å². The standard InChI is InChI=1S/C14H20ClNO2S/c15-14-8-4-7-13(9-14)10-16-19(17,18)11-12-5-2-1-3-6-12/h1-3,5-6,13-14,16H,4,7-11H2. The second-order valence-corrected chi connectivity index (χ2v) is 7.65. The van der Waals surface area contributed by atoms with Crippen LogP contribution in [0.5, 0.6) is 0 Å². The Balaban J connectivity index is 1.84. The molecule has 1 fully saturated rings. The monoisotopic (exact) mass is 301 g/mol. The summed E-state index contributed by atoms with van der Waals surface area (Å²) in [6.45, 7) is 0.512. The number of sulfonamides is 1. The van der Waals surface area contributed by atoms with E-state index in [2.05, 4.69) is 4.72 Å². The van der Waals surface area contributed by atoms with Crippen LogP contribution in [0.15, 0.2) is 30.3 Å². The fourth-order valence-electron chi connectivity index (χ4n) is 2.50. The lowest BCUT2D eigenvalue weighted by Crippen LogP contribution is -2.32. The van der Waals surface area contributed by atoms with E-state index >= 15 is 0 Å². The molecule has 1 aliphatic carbocycles. The zero-order valence-corrected chi connectivity index (χ0v) is 12.5. The minimum Gasteiger partial charge on any atom is -0.215 e. The predicted molar refractivity (Wildman–Crippen MR) is 78.7 cm³/mol. The lowest BCUT2D eigenvalue weighted by Gasteiger charge is -2.25. The molecule has 1 aromatic carbocycles. The number of nitrogens with one attached hydrogen (secondary N) is 1. The van der Waals surface area contributed by atoms with Crippen LogP contribution in [-0.4, -0.2) is 20.3 Å². The molecule has 0 saturated heterocycles. The van der Waals surface area contributed by atoms with Gasteiger partial charge >= 0.3 is 0 Å². The van der Waals surface area contributed by atoms with E-state index in [4.69, 9.17) is 11.6 Å². The van der Waals surface area contributed by atoms with Gasteiger partial charge in [-0.2, -0.15) is 0 Å². The molecule has 19 heavy (non-hydrogen) atoms. The molecule has 2 unspecified atom stereocenters. The summed E-state index contributed by atoms with van der Waals surface area (Å²) in [7, 11) is -3.24. The molecule has 0 aromatic heterocycles. The molecule has 1 aliphatic rings. The van der Waals surface area contributed by atoms with Crippen molar-refractivity contribution in [1.82, 2.24) is 4.72 Å². The SMILES string of the molecule is O=S(=O)(Cc1ccccc1)NCC1CCCC(Cl)C1. The van der Waals surface area contributed by atoms with Gasteiger partial charge in [-0.25, -0.2) is 13.1 Å². The summed E-state index contributed by atoms with van der Waals surface area (Å²) in [5.41, 5.74) is 0.814. The van der Waals surface area contributed by atoms with Crippen molar-refractivity contribution in [2.45, 2.75) is 36.8 Å². The molecule has 2 atom stereocenters. The lowest BCUT2D eigenvalue weighted by molar-refractivity contribution is 0.361. The summed E-state index contributed by atoms with van der Waals surface area (Å²) >= 11 is 6.11. The second-order valence-electron chi connectivity index (χ2n) is 5.22. The summed E-state index contributed by atoms with van der Waals surface area (Å²) in [5.74, 6) is 0.423. The Morgan fingerprint density at radius 1 is 1.21 bits per heavy atom. The van der Waals surface area contributed by atoms with E-state index in [0.717, 1.165) is 31.2 Å². The van der Waals surface area contributed by atoms with Crippen molar-refractivity contribution in [2.24, 2.45) is 5.92 Å². The van der Waals surface area contributed by atoms with Crippen molar-refractivity contribution in [3.63, 3.8) is 0 Å². The van der Waals surface area contributed by atoms with Crippen LogP contribution < -0.4 is 4.72 Å². The molecule has 5 heteroatoms. The minimum absolute atomic E-state index is 0.0465. The first-order chi connectivity index (χ1) is 9.05. The Kier molecular flexibility index (Phi) is 5.25. The Hall–Kier alpha value is -0.580. The third-order valence-corrected chi connectivity index (χ3v) is 5.23. The highest BCUT2D eigenvalue weighted by molar-refractivity contribution is 7.88. The van der Waals surface area contributed by atoms with Gasteiger partial charge in [0, 0.05) is 11.9 Å². The van der Waals surface area contributed by atoms with Gasteiger partial charge in [0.2, 0.25) is 10.0 Å². The van der Waals surface area contributed by atoms with Gasteiger partial charge in [-0.05, 0) is 30.7 Å². The number of benzene rings is 1. The molecule has 1 N–H and O–H groups in total. The van der Waals surface area contributed by atoms with Crippen molar-refractivity contribution in [3.05, 3.63) is 35.9 Å². The molecule has 0 amide bonds. The van der Waals surface area contributed by atoms with Crippen molar-refractivity contribution < 1.29 is 8.42 Å². The Morgan fingerprint density at radius 3 is 2.63 bits per heavy atom. The number of halogens is 1. The molecule has 0 aliphatic heterocycles. The van der Waals surface area contributed by atoms with E-state index in [1.807, 2.05) is 30.3 Å². The molecule has 2 rings (SSSR count). The minimum atomic E-state index is -3.24. The molecule has 1 aromatic rings. The van der Waals surface area contributed by atoms with E-state index in [-0.39, 0.29) is 11.1 Å². The molecule has 0 heterocycles. The van der Waals surface area contributed by atoms with E-state index in [1.54, 1.807) is 0 Å².